The van der Waals surface area contributed by atoms with Gasteiger partial charge in [-0.2, -0.15) is 10.2 Å². The number of amides is 1. The predicted octanol–water partition coefficient (Wildman–Crippen LogP) is 3.53. The zero-order valence-corrected chi connectivity index (χ0v) is 21.2. The van der Waals surface area contributed by atoms with Crippen LogP contribution in [0.4, 0.5) is 0 Å². The van der Waals surface area contributed by atoms with Crippen molar-refractivity contribution in [1.82, 2.24) is 24.9 Å². The number of carbonyl (C=O) groups is 1. The van der Waals surface area contributed by atoms with Gasteiger partial charge in [-0.3, -0.25) is 9.59 Å². The van der Waals surface area contributed by atoms with Crippen LogP contribution in [-0.4, -0.2) is 46.2 Å². The zero-order valence-electron chi connectivity index (χ0n) is 21.2. The summed E-state index contributed by atoms with van der Waals surface area (Å²) in [6, 6.07) is 14.5. The Morgan fingerprint density at radius 1 is 1.06 bits per heavy atom. The molecule has 0 bridgehead atoms. The topological polar surface area (TPSA) is 100 Å². The largest absolute Gasteiger partial charge is 0.497 e. The van der Waals surface area contributed by atoms with Gasteiger partial charge in [-0.05, 0) is 50.5 Å². The molecule has 0 aliphatic rings. The van der Waals surface area contributed by atoms with Crippen LogP contribution in [0.1, 0.15) is 36.3 Å². The maximum absolute atomic E-state index is 13.5. The SMILES string of the molecule is CC[C@H](C(=O)NCCc1ccc(OC)cc1OC)n1nc(C)c2nn(-c3ccccc3)c(C)c2c1=O. The van der Waals surface area contributed by atoms with E-state index < -0.39 is 6.04 Å². The van der Waals surface area contributed by atoms with E-state index >= 15 is 0 Å². The van der Waals surface area contributed by atoms with Crippen LogP contribution in [-0.2, 0) is 11.2 Å². The van der Waals surface area contributed by atoms with Gasteiger partial charge in [-0.1, -0.05) is 31.2 Å². The third-order valence-corrected chi connectivity index (χ3v) is 6.31. The van der Waals surface area contributed by atoms with Crippen LogP contribution in [0.3, 0.4) is 0 Å². The van der Waals surface area contributed by atoms with Crippen molar-refractivity contribution in [3.63, 3.8) is 0 Å². The molecule has 0 fully saturated rings. The van der Waals surface area contributed by atoms with Crippen LogP contribution in [0, 0.1) is 13.8 Å². The van der Waals surface area contributed by atoms with Gasteiger partial charge in [0.25, 0.3) is 5.56 Å². The van der Waals surface area contributed by atoms with Gasteiger partial charge in [0.05, 0.1) is 36.7 Å². The molecule has 36 heavy (non-hydrogen) atoms. The fourth-order valence-electron chi connectivity index (χ4n) is 4.38. The lowest BCUT2D eigenvalue weighted by Crippen LogP contribution is -2.39. The summed E-state index contributed by atoms with van der Waals surface area (Å²) in [7, 11) is 3.20. The second-order valence-electron chi connectivity index (χ2n) is 8.53. The Morgan fingerprint density at radius 2 is 1.81 bits per heavy atom. The predicted molar refractivity (Wildman–Crippen MR) is 138 cm³/mol. The van der Waals surface area contributed by atoms with E-state index in [0.717, 1.165) is 11.3 Å². The number of nitrogens with one attached hydrogen (secondary N) is 1. The van der Waals surface area contributed by atoms with Gasteiger partial charge in [0.1, 0.15) is 23.1 Å². The van der Waals surface area contributed by atoms with Gasteiger partial charge in [-0.15, -0.1) is 0 Å². The first kappa shape index (κ1) is 25.0. The first-order valence-corrected chi connectivity index (χ1v) is 11.9. The molecule has 0 radical (unpaired) electrons. The second kappa shape index (κ2) is 10.6. The molecule has 4 aromatic rings. The molecule has 2 aromatic carbocycles. The molecule has 2 aromatic heterocycles. The highest BCUT2D eigenvalue weighted by molar-refractivity contribution is 5.84. The minimum atomic E-state index is -0.738. The van der Waals surface area contributed by atoms with Crippen LogP contribution >= 0.6 is 0 Å². The van der Waals surface area contributed by atoms with Crippen molar-refractivity contribution in [3.8, 4) is 17.2 Å². The lowest BCUT2D eigenvalue weighted by Gasteiger charge is -2.18. The molecule has 0 saturated heterocycles. The fraction of sp³-hybridized carbons (Fsp3) is 0.333. The number of carbonyl (C=O) groups excluding carboxylic acids is 1. The molecule has 1 N–H and O–H groups in total. The van der Waals surface area contributed by atoms with Gasteiger partial charge in [-0.25, -0.2) is 9.36 Å². The van der Waals surface area contributed by atoms with Gasteiger partial charge in [0.15, 0.2) is 0 Å². The summed E-state index contributed by atoms with van der Waals surface area (Å²) in [6.45, 7) is 5.92. The molecule has 0 aliphatic carbocycles. The fourth-order valence-corrected chi connectivity index (χ4v) is 4.38. The third-order valence-electron chi connectivity index (χ3n) is 6.31. The number of rotatable bonds is 9. The number of benzene rings is 2. The lowest BCUT2D eigenvalue weighted by molar-refractivity contribution is -0.124. The molecule has 188 valence electrons. The summed E-state index contributed by atoms with van der Waals surface area (Å²) in [6.07, 6.45) is 0.986. The van der Waals surface area contributed by atoms with E-state index in [9.17, 15) is 9.59 Å². The molecular weight excluding hydrogens is 458 g/mol. The second-order valence-corrected chi connectivity index (χ2v) is 8.53. The standard InChI is InChI=1S/C27H31N5O4/c1-6-22(26(33)28-15-14-19-12-13-21(35-4)16-23(19)36-5)32-27(34)24-18(3)31(20-10-8-7-9-11-20)30-25(24)17(2)29-32/h7-13,16,22H,6,14-15H2,1-5H3,(H,28,33)/t22-/m1/s1. The summed E-state index contributed by atoms with van der Waals surface area (Å²) in [5, 5.41) is 12.6. The first-order chi connectivity index (χ1) is 17.4. The summed E-state index contributed by atoms with van der Waals surface area (Å²) in [5.41, 5.74) is 3.32. The molecule has 1 amide bonds. The third kappa shape index (κ3) is 4.68. The average Bonchev–Trinajstić information content (AvgIpc) is 3.25. The van der Waals surface area contributed by atoms with E-state index in [4.69, 9.17) is 9.47 Å². The number of methoxy groups -OCH3 is 2. The van der Waals surface area contributed by atoms with E-state index in [2.05, 4.69) is 15.5 Å². The number of para-hydroxylation sites is 1. The number of fused-ring (bicyclic) bond motifs is 1. The Hall–Kier alpha value is -4.14. The van der Waals surface area contributed by atoms with Crippen molar-refractivity contribution in [1.29, 1.82) is 0 Å². The first-order valence-electron chi connectivity index (χ1n) is 11.9. The van der Waals surface area contributed by atoms with Crippen LogP contribution in [0.2, 0.25) is 0 Å². The van der Waals surface area contributed by atoms with Crippen molar-refractivity contribution >= 4 is 16.8 Å². The Morgan fingerprint density at radius 3 is 2.47 bits per heavy atom. The smallest absolute Gasteiger partial charge is 0.278 e. The molecule has 2 heterocycles. The quantitative estimate of drug-likeness (QED) is 0.386. The molecule has 1 atom stereocenters. The normalized spacial score (nSPS) is 11.9. The van der Waals surface area contributed by atoms with Gasteiger partial charge >= 0.3 is 0 Å². The number of ether oxygens (including phenoxy) is 2. The molecule has 4 rings (SSSR count). The van der Waals surface area contributed by atoms with Crippen molar-refractivity contribution in [3.05, 3.63) is 75.8 Å². The average molecular weight is 490 g/mol. The van der Waals surface area contributed by atoms with Crippen molar-refractivity contribution in [2.45, 2.75) is 39.7 Å². The molecule has 0 unspecified atom stereocenters. The molecule has 9 heteroatoms. The maximum atomic E-state index is 13.5. The van der Waals surface area contributed by atoms with Crippen LogP contribution in [0.25, 0.3) is 16.6 Å². The van der Waals surface area contributed by atoms with Crippen LogP contribution in [0.15, 0.2) is 53.3 Å². The number of nitrogens with zero attached hydrogens (tertiary/aromatic N) is 4. The van der Waals surface area contributed by atoms with E-state index in [0.29, 0.717) is 53.2 Å². The van der Waals surface area contributed by atoms with Crippen molar-refractivity contribution < 1.29 is 14.3 Å². The molecule has 9 nitrogen and oxygen atoms in total. The van der Waals surface area contributed by atoms with Gasteiger partial charge in [0.2, 0.25) is 5.91 Å². The monoisotopic (exact) mass is 489 g/mol. The summed E-state index contributed by atoms with van der Waals surface area (Å²) < 4.78 is 13.7. The Balaban J connectivity index is 1.59. The highest BCUT2D eigenvalue weighted by atomic mass is 16.5. The van der Waals surface area contributed by atoms with Crippen molar-refractivity contribution in [2.75, 3.05) is 20.8 Å². The summed E-state index contributed by atoms with van der Waals surface area (Å²) >= 11 is 0. The molecule has 0 spiro atoms. The maximum Gasteiger partial charge on any atom is 0.278 e. The van der Waals surface area contributed by atoms with E-state index in [-0.39, 0.29) is 11.5 Å². The van der Waals surface area contributed by atoms with Gasteiger partial charge < -0.3 is 14.8 Å². The Kier molecular flexibility index (Phi) is 7.38. The summed E-state index contributed by atoms with van der Waals surface area (Å²) in [4.78, 5) is 26.7. The van der Waals surface area contributed by atoms with Crippen LogP contribution in [0.5, 0.6) is 11.5 Å². The van der Waals surface area contributed by atoms with Crippen LogP contribution < -0.4 is 20.3 Å². The number of hydrogen-bond acceptors (Lipinski definition) is 6. The minimum Gasteiger partial charge on any atom is -0.497 e. The number of aryl methyl sites for hydroxylation is 2. The summed E-state index contributed by atoms with van der Waals surface area (Å²) in [5.74, 6) is 1.14. The Bertz CT molecular complexity index is 1440. The highest BCUT2D eigenvalue weighted by Gasteiger charge is 2.25. The number of hydrogen-bond donors (Lipinski definition) is 1. The van der Waals surface area contributed by atoms with E-state index in [1.807, 2.05) is 62.4 Å². The molecule has 0 aliphatic heterocycles. The zero-order chi connectivity index (χ0) is 25.8. The van der Waals surface area contributed by atoms with Gasteiger partial charge in [0, 0.05) is 12.6 Å². The van der Waals surface area contributed by atoms with Crippen molar-refractivity contribution in [2.24, 2.45) is 0 Å². The highest BCUT2D eigenvalue weighted by Crippen LogP contribution is 2.25. The molecule has 0 saturated carbocycles. The van der Waals surface area contributed by atoms with E-state index in [1.54, 1.807) is 25.8 Å². The Labute approximate surface area is 209 Å². The number of aromatic nitrogens is 4. The lowest BCUT2D eigenvalue weighted by atomic mass is 10.1. The molecular formula is C27H31N5O4. The minimum absolute atomic E-state index is 0.258. The van der Waals surface area contributed by atoms with E-state index in [1.165, 1.54) is 4.68 Å².